The zero-order valence-corrected chi connectivity index (χ0v) is 12.5. The first-order valence-corrected chi connectivity index (χ1v) is 7.02. The SMILES string of the molecule is O=C(c1ccccc1Cl)n1cncc1-c1ccc([N+](=O)[O-])cc1. The van der Waals surface area contributed by atoms with E-state index in [1.807, 2.05) is 0 Å². The Bertz CT molecular complexity index is 888. The molecule has 114 valence electrons. The van der Waals surface area contributed by atoms with E-state index in [-0.39, 0.29) is 11.6 Å². The van der Waals surface area contributed by atoms with Crippen LogP contribution in [0.5, 0.6) is 0 Å². The Balaban J connectivity index is 2.01. The zero-order valence-electron chi connectivity index (χ0n) is 11.7. The molecule has 0 bridgehead atoms. The van der Waals surface area contributed by atoms with Crippen LogP contribution in [-0.4, -0.2) is 20.4 Å². The lowest BCUT2D eigenvalue weighted by Gasteiger charge is -2.08. The van der Waals surface area contributed by atoms with Gasteiger partial charge in [-0.2, -0.15) is 0 Å². The molecule has 0 atom stereocenters. The average Bonchev–Trinajstić information content (AvgIpc) is 3.04. The molecule has 3 aromatic rings. The predicted octanol–water partition coefficient (Wildman–Crippen LogP) is 3.80. The second kappa shape index (κ2) is 6.02. The molecular formula is C16H10ClN3O3. The van der Waals surface area contributed by atoms with Gasteiger partial charge in [-0.1, -0.05) is 23.7 Å². The van der Waals surface area contributed by atoms with E-state index in [9.17, 15) is 14.9 Å². The van der Waals surface area contributed by atoms with Crippen molar-refractivity contribution in [2.24, 2.45) is 0 Å². The van der Waals surface area contributed by atoms with E-state index in [1.165, 1.54) is 29.2 Å². The second-order valence-corrected chi connectivity index (χ2v) is 5.15. The van der Waals surface area contributed by atoms with E-state index in [0.717, 1.165) is 0 Å². The highest BCUT2D eigenvalue weighted by Gasteiger charge is 2.16. The van der Waals surface area contributed by atoms with Crippen LogP contribution in [-0.2, 0) is 0 Å². The lowest BCUT2D eigenvalue weighted by molar-refractivity contribution is -0.384. The van der Waals surface area contributed by atoms with Gasteiger partial charge >= 0.3 is 0 Å². The summed E-state index contributed by atoms with van der Waals surface area (Å²) in [6, 6.07) is 12.6. The first-order chi connectivity index (χ1) is 11.1. The molecule has 0 radical (unpaired) electrons. The Hall–Kier alpha value is -2.99. The van der Waals surface area contributed by atoms with Gasteiger partial charge in [-0.25, -0.2) is 4.98 Å². The Labute approximate surface area is 136 Å². The number of non-ortho nitro benzene ring substituents is 1. The van der Waals surface area contributed by atoms with Gasteiger partial charge in [0.1, 0.15) is 6.33 Å². The Kier molecular flexibility index (Phi) is 3.91. The molecule has 0 N–H and O–H groups in total. The molecule has 0 aliphatic carbocycles. The number of rotatable bonds is 3. The minimum atomic E-state index is -0.476. The number of carbonyl (C=O) groups excluding carboxylic acids is 1. The number of imidazole rings is 1. The fourth-order valence-electron chi connectivity index (χ4n) is 2.19. The van der Waals surface area contributed by atoms with E-state index in [0.29, 0.717) is 21.8 Å². The summed E-state index contributed by atoms with van der Waals surface area (Å²) >= 11 is 6.06. The van der Waals surface area contributed by atoms with Gasteiger partial charge in [0.05, 0.1) is 27.4 Å². The van der Waals surface area contributed by atoms with Crippen LogP contribution >= 0.6 is 11.6 Å². The van der Waals surface area contributed by atoms with E-state index < -0.39 is 4.92 Å². The zero-order chi connectivity index (χ0) is 16.4. The monoisotopic (exact) mass is 327 g/mol. The van der Waals surface area contributed by atoms with Crippen molar-refractivity contribution >= 4 is 23.2 Å². The van der Waals surface area contributed by atoms with Crippen molar-refractivity contribution in [1.29, 1.82) is 0 Å². The minimum Gasteiger partial charge on any atom is -0.268 e. The summed E-state index contributed by atoms with van der Waals surface area (Å²) in [7, 11) is 0. The van der Waals surface area contributed by atoms with Gasteiger partial charge in [0, 0.05) is 17.7 Å². The summed E-state index contributed by atoms with van der Waals surface area (Å²) < 4.78 is 1.36. The lowest BCUT2D eigenvalue weighted by atomic mass is 10.1. The number of hydrogen-bond donors (Lipinski definition) is 0. The third-order valence-corrected chi connectivity index (χ3v) is 3.67. The highest BCUT2D eigenvalue weighted by atomic mass is 35.5. The van der Waals surface area contributed by atoms with Crippen LogP contribution in [0.4, 0.5) is 5.69 Å². The molecule has 3 rings (SSSR count). The normalized spacial score (nSPS) is 10.5. The van der Waals surface area contributed by atoms with Crippen LogP contribution in [0.25, 0.3) is 11.3 Å². The van der Waals surface area contributed by atoms with Gasteiger partial charge in [-0.15, -0.1) is 0 Å². The standard InChI is InChI=1S/C16H10ClN3O3/c17-14-4-2-1-3-13(14)16(21)19-10-18-9-15(19)11-5-7-12(8-6-11)20(22)23/h1-10H. The summed E-state index contributed by atoms with van der Waals surface area (Å²) in [6.45, 7) is 0. The van der Waals surface area contributed by atoms with E-state index in [1.54, 1.807) is 36.4 Å². The molecule has 0 spiro atoms. The molecule has 0 unspecified atom stereocenters. The van der Waals surface area contributed by atoms with Crippen molar-refractivity contribution < 1.29 is 9.72 Å². The van der Waals surface area contributed by atoms with Gasteiger partial charge in [0.15, 0.2) is 0 Å². The van der Waals surface area contributed by atoms with Gasteiger partial charge in [-0.3, -0.25) is 19.5 Å². The van der Waals surface area contributed by atoms with Crippen LogP contribution < -0.4 is 0 Å². The molecule has 0 fully saturated rings. The average molecular weight is 328 g/mol. The van der Waals surface area contributed by atoms with E-state index >= 15 is 0 Å². The summed E-state index contributed by atoms with van der Waals surface area (Å²) in [5, 5.41) is 11.1. The number of benzene rings is 2. The second-order valence-electron chi connectivity index (χ2n) is 4.74. The molecule has 0 aliphatic rings. The number of aromatic nitrogens is 2. The third-order valence-electron chi connectivity index (χ3n) is 3.34. The Morgan fingerprint density at radius 2 is 1.83 bits per heavy atom. The lowest BCUT2D eigenvalue weighted by Crippen LogP contribution is -2.12. The van der Waals surface area contributed by atoms with Gasteiger partial charge < -0.3 is 0 Å². The number of halogens is 1. The van der Waals surface area contributed by atoms with Crippen molar-refractivity contribution in [2.45, 2.75) is 0 Å². The van der Waals surface area contributed by atoms with E-state index in [2.05, 4.69) is 4.98 Å². The maximum absolute atomic E-state index is 12.6. The van der Waals surface area contributed by atoms with Crippen LogP contribution in [0.1, 0.15) is 10.4 Å². The maximum Gasteiger partial charge on any atom is 0.269 e. The summed E-state index contributed by atoms with van der Waals surface area (Å²) in [6.07, 6.45) is 2.91. The van der Waals surface area contributed by atoms with Gasteiger partial charge in [0.25, 0.3) is 11.6 Å². The maximum atomic E-state index is 12.6. The molecule has 23 heavy (non-hydrogen) atoms. The van der Waals surface area contributed by atoms with Gasteiger partial charge in [-0.05, 0) is 24.3 Å². The minimum absolute atomic E-state index is 0.0164. The van der Waals surface area contributed by atoms with Gasteiger partial charge in [0.2, 0.25) is 0 Å². The highest BCUT2D eigenvalue weighted by molar-refractivity contribution is 6.34. The third kappa shape index (κ3) is 2.84. The number of nitrogens with zero attached hydrogens (tertiary/aromatic N) is 3. The summed E-state index contributed by atoms with van der Waals surface area (Å²) in [5.41, 5.74) is 1.52. The molecular weight excluding hydrogens is 318 g/mol. The molecule has 7 heteroatoms. The van der Waals surface area contributed by atoms with Crippen molar-refractivity contribution in [3.63, 3.8) is 0 Å². The smallest absolute Gasteiger partial charge is 0.268 e. The summed E-state index contributed by atoms with van der Waals surface area (Å²) in [4.78, 5) is 26.9. The molecule has 1 aromatic heterocycles. The molecule has 6 nitrogen and oxygen atoms in total. The van der Waals surface area contributed by atoms with Crippen molar-refractivity contribution in [2.75, 3.05) is 0 Å². The number of hydrogen-bond acceptors (Lipinski definition) is 4. The highest BCUT2D eigenvalue weighted by Crippen LogP contribution is 2.24. The Morgan fingerprint density at radius 1 is 1.13 bits per heavy atom. The molecule has 2 aromatic carbocycles. The van der Waals surface area contributed by atoms with Crippen LogP contribution in [0.15, 0.2) is 61.1 Å². The number of carbonyl (C=O) groups is 1. The van der Waals surface area contributed by atoms with Crippen LogP contribution in [0.3, 0.4) is 0 Å². The summed E-state index contributed by atoms with van der Waals surface area (Å²) in [5.74, 6) is -0.318. The first kappa shape index (κ1) is 14.9. The van der Waals surface area contributed by atoms with Crippen molar-refractivity contribution in [3.8, 4) is 11.3 Å². The number of nitro groups is 1. The fourth-order valence-corrected chi connectivity index (χ4v) is 2.41. The fraction of sp³-hybridized carbons (Fsp3) is 0. The Morgan fingerprint density at radius 3 is 2.48 bits per heavy atom. The van der Waals surface area contributed by atoms with Crippen LogP contribution in [0, 0.1) is 10.1 Å². The van der Waals surface area contributed by atoms with E-state index in [4.69, 9.17) is 11.6 Å². The molecule has 0 saturated heterocycles. The molecule has 0 aliphatic heterocycles. The largest absolute Gasteiger partial charge is 0.269 e. The molecule has 0 saturated carbocycles. The van der Waals surface area contributed by atoms with Crippen molar-refractivity contribution in [3.05, 3.63) is 81.8 Å². The molecule has 1 heterocycles. The first-order valence-electron chi connectivity index (χ1n) is 6.64. The predicted molar refractivity (Wildman–Crippen MR) is 85.5 cm³/mol. The molecule has 0 amide bonds. The van der Waals surface area contributed by atoms with Crippen LogP contribution in [0.2, 0.25) is 5.02 Å². The topological polar surface area (TPSA) is 78.0 Å². The number of nitro benzene ring substituents is 1. The quantitative estimate of drug-likeness (QED) is 0.541. The van der Waals surface area contributed by atoms with Crippen molar-refractivity contribution in [1.82, 2.24) is 9.55 Å².